The van der Waals surface area contributed by atoms with E-state index in [-0.39, 0.29) is 0 Å². The van der Waals surface area contributed by atoms with Crippen LogP contribution in [0.15, 0.2) is 18.3 Å². The van der Waals surface area contributed by atoms with Crippen molar-refractivity contribution in [1.82, 2.24) is 4.98 Å². The molecule has 1 radical (unpaired) electrons. The second kappa shape index (κ2) is 2.14. The normalized spacial score (nSPS) is 9.25. The van der Waals surface area contributed by atoms with E-state index in [2.05, 4.69) is 11.9 Å². The van der Waals surface area contributed by atoms with Gasteiger partial charge in [0.2, 0.25) is 0 Å². The lowest BCUT2D eigenvalue weighted by molar-refractivity contribution is 1.27. The number of rotatable bonds is 0. The summed E-state index contributed by atoms with van der Waals surface area (Å²) in [5, 5.41) is 0.618. The molecule has 0 aliphatic heterocycles. The zero-order valence-corrected chi connectivity index (χ0v) is 5.02. The van der Waals surface area contributed by atoms with E-state index in [1.165, 1.54) is 0 Å². The predicted octanol–water partition coefficient (Wildman–Crippen LogP) is 1.92. The minimum Gasteiger partial charge on any atom is -0.260 e. The van der Waals surface area contributed by atoms with Crippen LogP contribution in [0.25, 0.3) is 0 Å². The topological polar surface area (TPSA) is 12.9 Å². The smallest absolute Gasteiger partial charge is 0.0621 e. The van der Waals surface area contributed by atoms with E-state index in [0.717, 1.165) is 0 Å². The Morgan fingerprint density at radius 3 is 2.75 bits per heavy atom. The molecule has 1 nitrogen and oxygen atoms in total. The van der Waals surface area contributed by atoms with Gasteiger partial charge < -0.3 is 0 Å². The van der Waals surface area contributed by atoms with Crippen LogP contribution in [0.2, 0.25) is 5.02 Å². The summed E-state index contributed by atoms with van der Waals surface area (Å²) in [6.07, 6.45) is 1.66. The molecule has 1 heterocycles. The van der Waals surface area contributed by atoms with Crippen LogP contribution in [0.1, 0.15) is 5.69 Å². The van der Waals surface area contributed by atoms with Crippen molar-refractivity contribution >= 4 is 11.6 Å². The molecule has 0 aromatic carbocycles. The summed E-state index contributed by atoms with van der Waals surface area (Å²) in [7, 11) is 0. The van der Waals surface area contributed by atoms with Crippen molar-refractivity contribution in [2.75, 3.05) is 0 Å². The summed E-state index contributed by atoms with van der Waals surface area (Å²) in [5.74, 6) is 0. The summed E-state index contributed by atoms with van der Waals surface area (Å²) < 4.78 is 0. The van der Waals surface area contributed by atoms with E-state index in [0.29, 0.717) is 10.7 Å². The van der Waals surface area contributed by atoms with Gasteiger partial charge in [-0.3, -0.25) is 4.98 Å². The molecule has 0 saturated heterocycles. The van der Waals surface area contributed by atoms with Crippen molar-refractivity contribution in [3.05, 3.63) is 36.0 Å². The number of nitrogens with zero attached hydrogens (tertiary/aromatic N) is 1. The Morgan fingerprint density at radius 2 is 2.38 bits per heavy atom. The Hall–Kier alpha value is -0.560. The SMILES string of the molecule is [CH2]c1ncccc1Cl. The number of hydrogen-bond acceptors (Lipinski definition) is 1. The van der Waals surface area contributed by atoms with Crippen LogP contribution in [-0.4, -0.2) is 4.98 Å². The Bertz CT molecular complexity index is 165. The van der Waals surface area contributed by atoms with E-state index in [4.69, 9.17) is 11.6 Å². The van der Waals surface area contributed by atoms with Gasteiger partial charge in [-0.05, 0) is 19.1 Å². The molecule has 41 valence electrons. The first-order chi connectivity index (χ1) is 3.80. The lowest BCUT2D eigenvalue weighted by atomic mass is 10.4. The van der Waals surface area contributed by atoms with Gasteiger partial charge in [-0.25, -0.2) is 0 Å². The lowest BCUT2D eigenvalue weighted by Crippen LogP contribution is -1.77. The lowest BCUT2D eigenvalue weighted by Gasteiger charge is -1.89. The molecule has 0 spiro atoms. The predicted molar refractivity (Wildman–Crippen MR) is 33.7 cm³/mol. The Balaban J connectivity index is 3.13. The van der Waals surface area contributed by atoms with Crippen molar-refractivity contribution in [1.29, 1.82) is 0 Å². The largest absolute Gasteiger partial charge is 0.260 e. The molecule has 0 fully saturated rings. The monoisotopic (exact) mass is 126 g/mol. The maximum atomic E-state index is 5.58. The quantitative estimate of drug-likeness (QED) is 0.518. The van der Waals surface area contributed by atoms with Crippen molar-refractivity contribution in [3.8, 4) is 0 Å². The highest BCUT2D eigenvalue weighted by Crippen LogP contribution is 2.08. The van der Waals surface area contributed by atoms with Gasteiger partial charge in [0.1, 0.15) is 0 Å². The number of aromatic nitrogens is 1. The molecular weight excluding hydrogens is 122 g/mol. The van der Waals surface area contributed by atoms with Gasteiger partial charge in [0.15, 0.2) is 0 Å². The average molecular weight is 127 g/mol. The highest BCUT2D eigenvalue weighted by atomic mass is 35.5. The molecule has 0 aliphatic rings. The minimum absolute atomic E-state index is 0.618. The van der Waals surface area contributed by atoms with Gasteiger partial charge in [-0.2, -0.15) is 0 Å². The van der Waals surface area contributed by atoms with Crippen LogP contribution in [0.4, 0.5) is 0 Å². The molecule has 1 aromatic heterocycles. The maximum absolute atomic E-state index is 5.58. The Kier molecular flexibility index (Phi) is 1.49. The second-order valence-electron chi connectivity index (χ2n) is 1.43. The Labute approximate surface area is 53.3 Å². The molecule has 1 aromatic rings. The fraction of sp³-hybridized carbons (Fsp3) is 0. The highest BCUT2D eigenvalue weighted by molar-refractivity contribution is 6.31. The molecule has 0 atom stereocenters. The van der Waals surface area contributed by atoms with Gasteiger partial charge in [0.05, 0.1) is 10.7 Å². The number of pyridine rings is 1. The molecule has 0 bridgehead atoms. The van der Waals surface area contributed by atoms with E-state index >= 15 is 0 Å². The standard InChI is InChI=1S/C6H5ClN/c1-5-6(7)3-2-4-8-5/h2-4H,1H2. The third-order valence-electron chi connectivity index (χ3n) is 0.835. The third-order valence-corrected chi connectivity index (χ3v) is 1.18. The molecule has 2 heteroatoms. The van der Waals surface area contributed by atoms with Gasteiger partial charge >= 0.3 is 0 Å². The third kappa shape index (κ3) is 0.984. The van der Waals surface area contributed by atoms with Crippen molar-refractivity contribution in [2.24, 2.45) is 0 Å². The minimum atomic E-state index is 0.618. The van der Waals surface area contributed by atoms with Gasteiger partial charge in [-0.15, -0.1) is 0 Å². The number of halogens is 1. The van der Waals surface area contributed by atoms with Crippen LogP contribution in [0.5, 0.6) is 0 Å². The summed E-state index contributed by atoms with van der Waals surface area (Å²) in [6.45, 7) is 3.58. The first kappa shape index (κ1) is 5.57. The van der Waals surface area contributed by atoms with Crippen molar-refractivity contribution in [2.45, 2.75) is 0 Å². The van der Waals surface area contributed by atoms with E-state index < -0.39 is 0 Å². The molecule has 0 aliphatic carbocycles. The first-order valence-corrected chi connectivity index (χ1v) is 2.61. The van der Waals surface area contributed by atoms with E-state index in [1.807, 2.05) is 0 Å². The van der Waals surface area contributed by atoms with Crippen molar-refractivity contribution < 1.29 is 0 Å². The van der Waals surface area contributed by atoms with E-state index in [1.54, 1.807) is 18.3 Å². The summed E-state index contributed by atoms with van der Waals surface area (Å²) in [6, 6.07) is 3.54. The second-order valence-corrected chi connectivity index (χ2v) is 1.84. The fourth-order valence-electron chi connectivity index (χ4n) is 0.418. The first-order valence-electron chi connectivity index (χ1n) is 2.23. The van der Waals surface area contributed by atoms with Crippen LogP contribution >= 0.6 is 11.6 Å². The van der Waals surface area contributed by atoms with Crippen LogP contribution < -0.4 is 0 Å². The van der Waals surface area contributed by atoms with Gasteiger partial charge in [0, 0.05) is 6.20 Å². The maximum Gasteiger partial charge on any atom is 0.0621 e. The molecule has 0 unspecified atom stereocenters. The van der Waals surface area contributed by atoms with Crippen LogP contribution in [0, 0.1) is 6.92 Å². The van der Waals surface area contributed by atoms with Crippen molar-refractivity contribution in [3.63, 3.8) is 0 Å². The fourth-order valence-corrected chi connectivity index (χ4v) is 0.540. The zero-order valence-electron chi connectivity index (χ0n) is 4.26. The molecule has 0 N–H and O–H groups in total. The average Bonchev–Trinajstić information content (AvgIpc) is 1.77. The summed E-state index contributed by atoms with van der Waals surface area (Å²) in [4.78, 5) is 3.84. The Morgan fingerprint density at radius 1 is 1.62 bits per heavy atom. The summed E-state index contributed by atoms with van der Waals surface area (Å²) >= 11 is 5.58. The molecule has 0 amide bonds. The van der Waals surface area contributed by atoms with E-state index in [9.17, 15) is 0 Å². The number of hydrogen-bond donors (Lipinski definition) is 0. The van der Waals surface area contributed by atoms with Crippen LogP contribution in [0.3, 0.4) is 0 Å². The zero-order chi connectivity index (χ0) is 5.98. The summed E-state index contributed by atoms with van der Waals surface area (Å²) in [5.41, 5.74) is 0.633. The van der Waals surface area contributed by atoms with Crippen LogP contribution in [-0.2, 0) is 0 Å². The van der Waals surface area contributed by atoms with Gasteiger partial charge in [-0.1, -0.05) is 11.6 Å². The molecule has 8 heavy (non-hydrogen) atoms. The highest BCUT2D eigenvalue weighted by Gasteiger charge is 1.88. The molecular formula is C6H5ClN. The molecule has 0 saturated carbocycles. The van der Waals surface area contributed by atoms with Gasteiger partial charge in [0.25, 0.3) is 0 Å². The molecule has 1 rings (SSSR count).